The van der Waals surface area contributed by atoms with Crippen LogP contribution in [0, 0.1) is 3.95 Å². The molecule has 3 heterocycles. The smallest absolute Gasteiger partial charge is 0.207 e. The van der Waals surface area contributed by atoms with Crippen molar-refractivity contribution in [1.29, 1.82) is 0 Å². The molecule has 0 atom stereocenters. The molecule has 1 aliphatic rings. The maximum absolute atomic E-state index is 5.05. The van der Waals surface area contributed by atoms with Crippen LogP contribution in [0.2, 0.25) is 0 Å². The van der Waals surface area contributed by atoms with Crippen LogP contribution in [0.4, 0.5) is 10.3 Å². The summed E-state index contributed by atoms with van der Waals surface area (Å²) >= 11 is 8.27. The van der Waals surface area contributed by atoms with Gasteiger partial charge in [0.2, 0.25) is 5.13 Å². The highest BCUT2D eigenvalue weighted by atomic mass is 32.1. The summed E-state index contributed by atoms with van der Waals surface area (Å²) in [6, 6.07) is 0. The van der Waals surface area contributed by atoms with Gasteiger partial charge in [-0.1, -0.05) is 11.3 Å². The second kappa shape index (κ2) is 4.71. The predicted octanol–water partition coefficient (Wildman–Crippen LogP) is 1.98. The van der Waals surface area contributed by atoms with Crippen LogP contribution in [-0.4, -0.2) is 41.4 Å². The normalized spacial score (nSPS) is 16.5. The Morgan fingerprint density at radius 2 is 1.88 bits per heavy atom. The van der Waals surface area contributed by atoms with Crippen LogP contribution >= 0.6 is 34.9 Å². The predicted molar refractivity (Wildman–Crippen MR) is 73.8 cm³/mol. The molecule has 0 spiro atoms. The Bertz CT molecular complexity index is 523. The lowest BCUT2D eigenvalue weighted by Crippen LogP contribution is -2.46. The molecule has 3 rings (SSSR count). The van der Waals surface area contributed by atoms with Gasteiger partial charge >= 0.3 is 0 Å². The number of nitrogens with one attached hydrogen (secondary N) is 1. The van der Waals surface area contributed by atoms with Gasteiger partial charge in [-0.2, -0.15) is 0 Å². The van der Waals surface area contributed by atoms with E-state index >= 15 is 0 Å². The van der Waals surface area contributed by atoms with Crippen LogP contribution in [-0.2, 0) is 0 Å². The summed E-state index contributed by atoms with van der Waals surface area (Å²) in [7, 11) is 0. The number of aromatic amines is 1. The van der Waals surface area contributed by atoms with Crippen molar-refractivity contribution in [2.75, 3.05) is 36.0 Å². The van der Waals surface area contributed by atoms with Crippen LogP contribution in [0.1, 0.15) is 0 Å². The summed E-state index contributed by atoms with van der Waals surface area (Å²) in [6.07, 6.45) is 1.85. The molecule has 0 saturated carbocycles. The van der Waals surface area contributed by atoms with E-state index in [-0.39, 0.29) is 0 Å². The first-order valence-electron chi connectivity index (χ1n) is 5.28. The average molecular weight is 285 g/mol. The Balaban J connectivity index is 1.66. The molecule has 17 heavy (non-hydrogen) atoms. The zero-order valence-electron chi connectivity index (χ0n) is 9.00. The largest absolute Gasteiger partial charge is 0.345 e. The highest BCUT2D eigenvalue weighted by Gasteiger charge is 2.20. The number of anilines is 2. The highest BCUT2D eigenvalue weighted by Crippen LogP contribution is 2.23. The molecule has 0 amide bonds. The highest BCUT2D eigenvalue weighted by molar-refractivity contribution is 7.73. The molecule has 1 aliphatic heterocycles. The van der Waals surface area contributed by atoms with Gasteiger partial charge in [0.1, 0.15) is 0 Å². The summed E-state index contributed by atoms with van der Waals surface area (Å²) in [5.41, 5.74) is 0. The van der Waals surface area contributed by atoms with Gasteiger partial charge in [0.25, 0.3) is 0 Å². The number of aromatic nitrogens is 3. The van der Waals surface area contributed by atoms with E-state index in [0.717, 1.165) is 40.4 Å². The lowest BCUT2D eigenvalue weighted by atomic mass is 10.3. The van der Waals surface area contributed by atoms with E-state index in [2.05, 4.69) is 25.0 Å². The number of hydrogen-bond donors (Lipinski definition) is 1. The van der Waals surface area contributed by atoms with Gasteiger partial charge in [-0.3, -0.25) is 5.10 Å². The molecule has 0 radical (unpaired) electrons. The van der Waals surface area contributed by atoms with Crippen LogP contribution in [0.3, 0.4) is 0 Å². The third kappa shape index (κ3) is 2.33. The molecule has 1 N–H and O–H groups in total. The van der Waals surface area contributed by atoms with Gasteiger partial charge in [0, 0.05) is 37.8 Å². The maximum Gasteiger partial charge on any atom is 0.207 e. The molecule has 0 aromatic carbocycles. The first-order chi connectivity index (χ1) is 8.33. The fraction of sp³-hybridized carbons (Fsp3) is 0.444. The minimum Gasteiger partial charge on any atom is -0.345 e. The van der Waals surface area contributed by atoms with E-state index in [1.165, 1.54) is 11.3 Å². The minimum atomic E-state index is 0.738. The fourth-order valence-electron chi connectivity index (χ4n) is 1.82. The summed E-state index contributed by atoms with van der Waals surface area (Å²) < 4.78 is 0.738. The third-order valence-electron chi connectivity index (χ3n) is 2.67. The quantitative estimate of drug-likeness (QED) is 0.855. The van der Waals surface area contributed by atoms with Crippen molar-refractivity contribution in [3.8, 4) is 0 Å². The topological polar surface area (TPSA) is 48.1 Å². The Labute approximate surface area is 112 Å². The van der Waals surface area contributed by atoms with Crippen LogP contribution in [0.5, 0.6) is 0 Å². The number of thiazole rings is 1. The lowest BCUT2D eigenvalue weighted by molar-refractivity contribution is 0.648. The van der Waals surface area contributed by atoms with Crippen LogP contribution in [0.15, 0.2) is 11.6 Å². The van der Waals surface area contributed by atoms with Crippen molar-refractivity contribution < 1.29 is 0 Å². The minimum absolute atomic E-state index is 0.738. The molecule has 90 valence electrons. The molecule has 5 nitrogen and oxygen atoms in total. The van der Waals surface area contributed by atoms with Gasteiger partial charge in [0.15, 0.2) is 9.09 Å². The zero-order chi connectivity index (χ0) is 11.7. The van der Waals surface area contributed by atoms with E-state index in [9.17, 15) is 0 Å². The van der Waals surface area contributed by atoms with E-state index in [0.29, 0.717) is 0 Å². The average Bonchev–Trinajstić information content (AvgIpc) is 3.00. The number of piperazine rings is 1. The number of rotatable bonds is 2. The molecule has 1 saturated heterocycles. The van der Waals surface area contributed by atoms with Gasteiger partial charge < -0.3 is 9.80 Å². The molecular formula is C9H11N5S3. The summed E-state index contributed by atoms with van der Waals surface area (Å²) in [5.74, 6) is 0. The second-order valence-electron chi connectivity index (χ2n) is 3.68. The lowest BCUT2D eigenvalue weighted by Gasteiger charge is -2.34. The standard InChI is InChI=1S/C9H11N5S3/c15-9-12-11-8(17-9)14-4-2-13(3-5-14)7-10-1-6-16-7/h1,6H,2-5H2,(H,12,15). The first kappa shape index (κ1) is 11.1. The van der Waals surface area contributed by atoms with Gasteiger partial charge in [-0.25, -0.2) is 4.98 Å². The molecule has 0 bridgehead atoms. The Morgan fingerprint density at radius 3 is 2.41 bits per heavy atom. The first-order valence-corrected chi connectivity index (χ1v) is 7.38. The van der Waals surface area contributed by atoms with E-state index in [1.54, 1.807) is 11.3 Å². The van der Waals surface area contributed by atoms with Crippen LogP contribution < -0.4 is 9.80 Å². The molecule has 2 aromatic heterocycles. The second-order valence-corrected chi connectivity index (χ2v) is 6.20. The van der Waals surface area contributed by atoms with Crippen molar-refractivity contribution in [1.82, 2.24) is 15.2 Å². The molecule has 8 heteroatoms. The van der Waals surface area contributed by atoms with E-state index < -0.39 is 0 Å². The number of H-pyrrole nitrogens is 1. The van der Waals surface area contributed by atoms with Crippen molar-refractivity contribution in [3.05, 3.63) is 15.5 Å². The van der Waals surface area contributed by atoms with Crippen molar-refractivity contribution in [2.24, 2.45) is 0 Å². The number of nitrogens with zero attached hydrogens (tertiary/aromatic N) is 4. The van der Waals surface area contributed by atoms with Gasteiger partial charge in [-0.05, 0) is 12.2 Å². The van der Waals surface area contributed by atoms with Crippen molar-refractivity contribution in [3.63, 3.8) is 0 Å². The third-order valence-corrected chi connectivity index (χ3v) is 4.65. The molecule has 0 aliphatic carbocycles. The SMILES string of the molecule is S=c1[nH]nc(N2CCN(c3nccs3)CC2)s1. The van der Waals surface area contributed by atoms with E-state index in [1.807, 2.05) is 11.6 Å². The molecular weight excluding hydrogens is 274 g/mol. The maximum atomic E-state index is 5.05. The number of hydrogen-bond acceptors (Lipinski definition) is 7. The Morgan fingerprint density at radius 1 is 1.18 bits per heavy atom. The van der Waals surface area contributed by atoms with Gasteiger partial charge in [0.05, 0.1) is 0 Å². The monoisotopic (exact) mass is 285 g/mol. The fourth-order valence-corrected chi connectivity index (χ4v) is 3.44. The summed E-state index contributed by atoms with van der Waals surface area (Å²) in [5, 5.41) is 11.2. The van der Waals surface area contributed by atoms with Crippen molar-refractivity contribution >= 4 is 45.2 Å². The Hall–Kier alpha value is -0.990. The zero-order valence-corrected chi connectivity index (χ0v) is 11.4. The van der Waals surface area contributed by atoms with E-state index in [4.69, 9.17) is 12.2 Å². The molecule has 1 fully saturated rings. The van der Waals surface area contributed by atoms with Gasteiger partial charge in [-0.15, -0.1) is 16.4 Å². The molecule has 2 aromatic rings. The van der Waals surface area contributed by atoms with Crippen molar-refractivity contribution in [2.45, 2.75) is 0 Å². The van der Waals surface area contributed by atoms with Crippen LogP contribution in [0.25, 0.3) is 0 Å². The summed E-state index contributed by atoms with van der Waals surface area (Å²) in [6.45, 7) is 3.91. The molecule has 0 unspecified atom stereocenters. The summed E-state index contributed by atoms with van der Waals surface area (Å²) in [4.78, 5) is 8.91. The Kier molecular flexibility index (Phi) is 3.08.